The zero-order valence-electron chi connectivity index (χ0n) is 15.6. The molecule has 1 fully saturated rings. The summed E-state index contributed by atoms with van der Waals surface area (Å²) >= 11 is 0. The van der Waals surface area contributed by atoms with Crippen molar-refractivity contribution in [1.82, 2.24) is 4.31 Å². The second-order valence-corrected chi connectivity index (χ2v) is 8.65. The number of hydrogen-bond donors (Lipinski definition) is 0. The van der Waals surface area contributed by atoms with Crippen molar-refractivity contribution in [1.29, 1.82) is 0 Å². The van der Waals surface area contributed by atoms with Crippen LogP contribution < -0.4 is 4.74 Å². The van der Waals surface area contributed by atoms with Crippen LogP contribution >= 0.6 is 0 Å². The first kappa shape index (κ1) is 18.9. The second kappa shape index (κ2) is 7.39. The largest absolute Gasteiger partial charge is 0.497 e. The van der Waals surface area contributed by atoms with Crippen LogP contribution in [-0.2, 0) is 14.8 Å². The fourth-order valence-corrected chi connectivity index (χ4v) is 5.04. The molecule has 0 radical (unpaired) electrons. The minimum atomic E-state index is -3.62. The summed E-state index contributed by atoms with van der Waals surface area (Å²) in [6.45, 7) is 6.36. The molecule has 140 valence electrons. The van der Waals surface area contributed by atoms with Crippen molar-refractivity contribution in [3.05, 3.63) is 59.2 Å². The first-order valence-electron chi connectivity index (χ1n) is 8.67. The lowest BCUT2D eigenvalue weighted by Gasteiger charge is -2.37. The van der Waals surface area contributed by atoms with Crippen LogP contribution in [0.2, 0.25) is 0 Å². The monoisotopic (exact) mass is 375 g/mol. The summed E-state index contributed by atoms with van der Waals surface area (Å²) in [6.07, 6.45) is -0.264. The fraction of sp³-hybridized carbons (Fsp3) is 0.400. The molecule has 0 saturated carbocycles. The third kappa shape index (κ3) is 3.63. The Morgan fingerprint density at radius 3 is 2.42 bits per heavy atom. The Bertz CT molecular complexity index is 877. The lowest BCUT2D eigenvalue weighted by Crippen LogP contribution is -2.48. The number of ether oxygens (including phenoxy) is 2. The molecule has 0 bridgehead atoms. The van der Waals surface area contributed by atoms with E-state index in [2.05, 4.69) is 0 Å². The van der Waals surface area contributed by atoms with Crippen LogP contribution in [0.25, 0.3) is 0 Å². The standard InChI is InChI=1S/C20H25NO4S/c1-14-5-7-17(8-6-14)19-12-21(16(3)13-25-19)26(22,23)20-10-9-18(24-4)11-15(20)2/h5-11,16,19H,12-13H2,1-4H3. The Morgan fingerprint density at radius 1 is 1.12 bits per heavy atom. The first-order chi connectivity index (χ1) is 12.3. The zero-order valence-corrected chi connectivity index (χ0v) is 16.4. The van der Waals surface area contributed by atoms with Crippen molar-refractivity contribution in [2.24, 2.45) is 0 Å². The lowest BCUT2D eigenvalue weighted by molar-refractivity contribution is -0.0288. The molecule has 0 spiro atoms. The Labute approximate surface area is 155 Å². The van der Waals surface area contributed by atoms with E-state index in [1.807, 2.05) is 38.1 Å². The minimum Gasteiger partial charge on any atom is -0.497 e. The summed E-state index contributed by atoms with van der Waals surface area (Å²) in [5.41, 5.74) is 2.83. The van der Waals surface area contributed by atoms with Gasteiger partial charge in [0.15, 0.2) is 0 Å². The van der Waals surface area contributed by atoms with Crippen LogP contribution in [0.4, 0.5) is 0 Å². The summed E-state index contributed by atoms with van der Waals surface area (Å²) < 4.78 is 39.2. The molecule has 0 aromatic heterocycles. The van der Waals surface area contributed by atoms with Crippen molar-refractivity contribution >= 4 is 10.0 Å². The number of morpholine rings is 1. The van der Waals surface area contributed by atoms with Crippen LogP contribution in [-0.4, -0.2) is 39.0 Å². The van der Waals surface area contributed by atoms with E-state index in [0.29, 0.717) is 29.4 Å². The molecule has 1 aliphatic rings. The molecule has 0 aliphatic carbocycles. The number of aryl methyl sites for hydroxylation is 2. The highest BCUT2D eigenvalue weighted by Gasteiger charge is 2.36. The first-order valence-corrected chi connectivity index (χ1v) is 10.1. The van der Waals surface area contributed by atoms with E-state index < -0.39 is 10.0 Å². The lowest BCUT2D eigenvalue weighted by atomic mass is 10.1. The molecule has 1 aliphatic heterocycles. The predicted molar refractivity (Wildman–Crippen MR) is 101 cm³/mol. The molecule has 2 atom stereocenters. The summed E-state index contributed by atoms with van der Waals surface area (Å²) in [6, 6.07) is 12.9. The van der Waals surface area contributed by atoms with Gasteiger partial charge in [-0.05, 0) is 50.1 Å². The van der Waals surface area contributed by atoms with Gasteiger partial charge < -0.3 is 9.47 Å². The molecular weight excluding hydrogens is 350 g/mol. The number of methoxy groups -OCH3 is 1. The molecule has 1 heterocycles. The van der Waals surface area contributed by atoms with Gasteiger partial charge in [-0.25, -0.2) is 8.42 Å². The SMILES string of the molecule is COc1ccc(S(=O)(=O)N2CC(c3ccc(C)cc3)OCC2C)c(C)c1. The van der Waals surface area contributed by atoms with Gasteiger partial charge >= 0.3 is 0 Å². The van der Waals surface area contributed by atoms with E-state index in [4.69, 9.17) is 9.47 Å². The Balaban J connectivity index is 1.91. The van der Waals surface area contributed by atoms with Crippen LogP contribution in [0, 0.1) is 13.8 Å². The van der Waals surface area contributed by atoms with Crippen LogP contribution in [0.5, 0.6) is 5.75 Å². The van der Waals surface area contributed by atoms with Gasteiger partial charge in [0.1, 0.15) is 5.75 Å². The van der Waals surface area contributed by atoms with Gasteiger partial charge in [0.2, 0.25) is 10.0 Å². The van der Waals surface area contributed by atoms with Gasteiger partial charge in [0.25, 0.3) is 0 Å². The van der Waals surface area contributed by atoms with Gasteiger partial charge in [0, 0.05) is 12.6 Å². The van der Waals surface area contributed by atoms with E-state index in [0.717, 1.165) is 11.1 Å². The highest BCUT2D eigenvalue weighted by Crippen LogP contribution is 2.31. The number of rotatable bonds is 4. The number of benzene rings is 2. The Hall–Kier alpha value is -1.89. The zero-order chi connectivity index (χ0) is 18.9. The van der Waals surface area contributed by atoms with Crippen LogP contribution in [0.1, 0.15) is 29.7 Å². The molecule has 6 heteroatoms. The maximum Gasteiger partial charge on any atom is 0.243 e. The topological polar surface area (TPSA) is 55.8 Å². The molecule has 2 aromatic carbocycles. The van der Waals surface area contributed by atoms with Gasteiger partial charge in [-0.2, -0.15) is 4.31 Å². The van der Waals surface area contributed by atoms with Crippen molar-refractivity contribution in [2.45, 2.75) is 37.8 Å². The predicted octanol–water partition coefficient (Wildman–Crippen LogP) is 3.46. The van der Waals surface area contributed by atoms with Crippen molar-refractivity contribution < 1.29 is 17.9 Å². The molecule has 1 saturated heterocycles. The van der Waals surface area contributed by atoms with E-state index in [1.165, 1.54) is 0 Å². The molecule has 5 nitrogen and oxygen atoms in total. The quantitative estimate of drug-likeness (QED) is 0.821. The van der Waals surface area contributed by atoms with Gasteiger partial charge in [-0.3, -0.25) is 0 Å². The van der Waals surface area contributed by atoms with E-state index >= 15 is 0 Å². The maximum atomic E-state index is 13.3. The second-order valence-electron chi connectivity index (χ2n) is 6.79. The maximum absolute atomic E-state index is 13.3. The summed E-state index contributed by atoms with van der Waals surface area (Å²) in [5, 5.41) is 0. The highest BCUT2D eigenvalue weighted by atomic mass is 32.2. The smallest absolute Gasteiger partial charge is 0.243 e. The normalized spacial score (nSPS) is 21.5. The summed E-state index contributed by atoms with van der Waals surface area (Å²) in [5.74, 6) is 0.647. The van der Waals surface area contributed by atoms with Crippen LogP contribution in [0.15, 0.2) is 47.4 Å². The van der Waals surface area contributed by atoms with Crippen molar-refractivity contribution in [3.8, 4) is 5.75 Å². The number of sulfonamides is 1. The molecular formula is C20H25NO4S. The minimum absolute atomic E-state index is 0.219. The fourth-order valence-electron chi connectivity index (χ4n) is 3.22. The number of hydrogen-bond acceptors (Lipinski definition) is 4. The third-order valence-electron chi connectivity index (χ3n) is 4.79. The molecule has 0 N–H and O–H groups in total. The van der Waals surface area contributed by atoms with E-state index in [1.54, 1.807) is 36.5 Å². The third-order valence-corrected chi connectivity index (χ3v) is 6.93. The van der Waals surface area contributed by atoms with Gasteiger partial charge in [-0.15, -0.1) is 0 Å². The Morgan fingerprint density at radius 2 is 1.81 bits per heavy atom. The average molecular weight is 375 g/mol. The average Bonchev–Trinajstić information content (AvgIpc) is 2.62. The highest BCUT2D eigenvalue weighted by molar-refractivity contribution is 7.89. The van der Waals surface area contributed by atoms with E-state index in [9.17, 15) is 8.42 Å². The molecule has 26 heavy (non-hydrogen) atoms. The van der Waals surface area contributed by atoms with Gasteiger partial charge in [0.05, 0.1) is 24.7 Å². The van der Waals surface area contributed by atoms with Crippen molar-refractivity contribution in [2.75, 3.05) is 20.3 Å². The molecule has 2 unspecified atom stereocenters. The van der Waals surface area contributed by atoms with Gasteiger partial charge in [-0.1, -0.05) is 29.8 Å². The van der Waals surface area contributed by atoms with Crippen molar-refractivity contribution in [3.63, 3.8) is 0 Å². The Kier molecular flexibility index (Phi) is 5.37. The number of nitrogens with zero attached hydrogens (tertiary/aromatic N) is 1. The van der Waals surface area contributed by atoms with E-state index in [-0.39, 0.29) is 12.1 Å². The molecule has 0 amide bonds. The summed E-state index contributed by atoms with van der Waals surface area (Å²) in [7, 11) is -2.05. The molecule has 3 rings (SSSR count). The summed E-state index contributed by atoms with van der Waals surface area (Å²) in [4.78, 5) is 0.315. The van der Waals surface area contributed by atoms with Crippen LogP contribution in [0.3, 0.4) is 0 Å². The molecule has 2 aromatic rings.